The van der Waals surface area contributed by atoms with Gasteiger partial charge in [0.1, 0.15) is 5.82 Å². The SMILES string of the molecule is C/C(=C\C(=O)C(F)(F)F)N1CCN(c2ccccc2F)CC1. The van der Waals surface area contributed by atoms with Crippen molar-refractivity contribution in [2.24, 2.45) is 0 Å². The van der Waals surface area contributed by atoms with Gasteiger partial charge in [0.05, 0.1) is 5.69 Å². The Morgan fingerprint density at radius 2 is 1.73 bits per heavy atom. The molecule has 7 heteroatoms. The molecule has 0 spiro atoms. The summed E-state index contributed by atoms with van der Waals surface area (Å²) in [5.41, 5.74) is 0.755. The smallest absolute Gasteiger partial charge is 0.371 e. The van der Waals surface area contributed by atoms with Gasteiger partial charge < -0.3 is 9.80 Å². The van der Waals surface area contributed by atoms with Gasteiger partial charge >= 0.3 is 6.18 Å². The Hall–Kier alpha value is -2.05. The van der Waals surface area contributed by atoms with Gasteiger partial charge in [-0.1, -0.05) is 12.1 Å². The van der Waals surface area contributed by atoms with Crippen molar-refractivity contribution in [1.82, 2.24) is 4.90 Å². The highest BCUT2D eigenvalue weighted by Gasteiger charge is 2.37. The molecule has 0 aliphatic carbocycles. The molecule has 3 nitrogen and oxygen atoms in total. The molecule has 0 bridgehead atoms. The molecule has 0 amide bonds. The molecule has 120 valence electrons. The molecule has 1 fully saturated rings. The maximum Gasteiger partial charge on any atom is 0.454 e. The number of piperazine rings is 1. The molecule has 0 atom stereocenters. The van der Waals surface area contributed by atoms with Crippen LogP contribution in [0.15, 0.2) is 36.0 Å². The Labute approximate surface area is 125 Å². The first-order valence-electron chi connectivity index (χ1n) is 6.83. The van der Waals surface area contributed by atoms with Crippen LogP contribution < -0.4 is 4.90 Å². The molecule has 1 aliphatic heterocycles. The zero-order valence-corrected chi connectivity index (χ0v) is 12.0. The molecule has 22 heavy (non-hydrogen) atoms. The minimum atomic E-state index is -4.85. The van der Waals surface area contributed by atoms with Gasteiger partial charge in [0.25, 0.3) is 5.78 Å². The fourth-order valence-electron chi connectivity index (χ4n) is 2.37. The van der Waals surface area contributed by atoms with Gasteiger partial charge in [-0.2, -0.15) is 13.2 Å². The molecule has 1 aliphatic rings. The molecule has 0 unspecified atom stereocenters. The van der Waals surface area contributed by atoms with Crippen molar-refractivity contribution in [2.75, 3.05) is 31.1 Å². The van der Waals surface area contributed by atoms with Gasteiger partial charge in [0.2, 0.25) is 0 Å². The number of nitrogens with zero attached hydrogens (tertiary/aromatic N) is 2. The normalized spacial score (nSPS) is 16.9. The number of hydrogen-bond donors (Lipinski definition) is 0. The quantitative estimate of drug-likeness (QED) is 0.633. The number of ketones is 1. The summed E-state index contributed by atoms with van der Waals surface area (Å²) in [6.07, 6.45) is -4.24. The molecular formula is C15H16F4N2O. The van der Waals surface area contributed by atoms with Crippen LogP contribution >= 0.6 is 0 Å². The number of hydrogen-bond acceptors (Lipinski definition) is 3. The van der Waals surface area contributed by atoms with Crippen LogP contribution in [0.5, 0.6) is 0 Å². The fraction of sp³-hybridized carbons (Fsp3) is 0.400. The Morgan fingerprint density at radius 1 is 1.14 bits per heavy atom. The van der Waals surface area contributed by atoms with Gasteiger partial charge in [-0.3, -0.25) is 4.79 Å². The predicted octanol–water partition coefficient (Wildman–Crippen LogP) is 2.98. The zero-order valence-electron chi connectivity index (χ0n) is 12.0. The largest absolute Gasteiger partial charge is 0.454 e. The number of allylic oxidation sites excluding steroid dienone is 2. The van der Waals surface area contributed by atoms with E-state index in [4.69, 9.17) is 0 Å². The van der Waals surface area contributed by atoms with Gasteiger partial charge in [-0.25, -0.2) is 4.39 Å². The van der Waals surface area contributed by atoms with Crippen molar-refractivity contribution in [3.8, 4) is 0 Å². The summed E-state index contributed by atoms with van der Waals surface area (Å²) in [7, 11) is 0. The zero-order chi connectivity index (χ0) is 16.3. The average molecular weight is 316 g/mol. The summed E-state index contributed by atoms with van der Waals surface area (Å²) in [5, 5.41) is 0. The highest BCUT2D eigenvalue weighted by Crippen LogP contribution is 2.22. The molecule has 1 aromatic carbocycles. The number of alkyl halides is 3. The monoisotopic (exact) mass is 316 g/mol. The molecule has 0 N–H and O–H groups in total. The molecular weight excluding hydrogens is 300 g/mol. The van der Waals surface area contributed by atoms with E-state index >= 15 is 0 Å². The summed E-state index contributed by atoms with van der Waals surface area (Å²) in [4.78, 5) is 14.5. The topological polar surface area (TPSA) is 23.6 Å². The number of anilines is 1. The van der Waals surface area contributed by atoms with Crippen molar-refractivity contribution >= 4 is 11.5 Å². The Balaban J connectivity index is 1.99. The number of benzene rings is 1. The minimum Gasteiger partial charge on any atom is -0.371 e. The second-order valence-electron chi connectivity index (χ2n) is 5.07. The van der Waals surface area contributed by atoms with Crippen molar-refractivity contribution < 1.29 is 22.4 Å². The fourth-order valence-corrected chi connectivity index (χ4v) is 2.37. The maximum atomic E-state index is 13.7. The lowest BCUT2D eigenvalue weighted by Crippen LogP contribution is -2.46. The predicted molar refractivity (Wildman–Crippen MR) is 75.0 cm³/mol. The van der Waals surface area contributed by atoms with Crippen molar-refractivity contribution in [1.29, 1.82) is 0 Å². The highest BCUT2D eigenvalue weighted by molar-refractivity contribution is 5.94. The lowest BCUT2D eigenvalue weighted by Gasteiger charge is -2.37. The molecule has 1 saturated heterocycles. The van der Waals surface area contributed by atoms with Gasteiger partial charge in [-0.15, -0.1) is 0 Å². The highest BCUT2D eigenvalue weighted by atomic mass is 19.4. The van der Waals surface area contributed by atoms with Crippen LogP contribution in [0.4, 0.5) is 23.2 Å². The van der Waals surface area contributed by atoms with Crippen molar-refractivity contribution in [2.45, 2.75) is 13.1 Å². The second kappa shape index (κ2) is 6.37. The number of para-hydroxylation sites is 1. The third-order valence-electron chi connectivity index (χ3n) is 3.59. The Morgan fingerprint density at radius 3 is 2.27 bits per heavy atom. The van der Waals surface area contributed by atoms with E-state index in [-0.39, 0.29) is 11.5 Å². The van der Waals surface area contributed by atoms with Crippen LogP contribution in [0, 0.1) is 5.82 Å². The first-order chi connectivity index (χ1) is 10.3. The van der Waals surface area contributed by atoms with Crippen molar-refractivity contribution in [3.63, 3.8) is 0 Å². The third kappa shape index (κ3) is 3.78. The van der Waals surface area contributed by atoms with Crippen LogP contribution in [0.1, 0.15) is 6.92 Å². The van der Waals surface area contributed by atoms with E-state index in [9.17, 15) is 22.4 Å². The molecule has 0 radical (unpaired) electrons. The van der Waals surface area contributed by atoms with E-state index in [1.54, 1.807) is 23.1 Å². The average Bonchev–Trinajstić information content (AvgIpc) is 2.47. The van der Waals surface area contributed by atoms with Crippen LogP contribution in [-0.4, -0.2) is 43.0 Å². The summed E-state index contributed by atoms with van der Waals surface area (Å²) >= 11 is 0. The van der Waals surface area contributed by atoms with Crippen molar-refractivity contribution in [3.05, 3.63) is 41.9 Å². The lowest BCUT2D eigenvalue weighted by molar-refractivity contribution is -0.165. The van der Waals surface area contributed by atoms with Gasteiger partial charge in [0.15, 0.2) is 0 Å². The number of carbonyl (C=O) groups excluding carboxylic acids is 1. The van der Waals surface area contributed by atoms with Crippen LogP contribution in [-0.2, 0) is 4.79 Å². The van der Waals surface area contributed by atoms with E-state index in [2.05, 4.69) is 0 Å². The van der Waals surface area contributed by atoms with E-state index in [0.29, 0.717) is 37.9 Å². The summed E-state index contributed by atoms with van der Waals surface area (Å²) < 4.78 is 50.4. The van der Waals surface area contributed by atoms with E-state index in [0.717, 1.165) is 0 Å². The van der Waals surface area contributed by atoms with Gasteiger partial charge in [-0.05, 0) is 19.1 Å². The molecule has 1 heterocycles. The number of halogens is 4. The first kappa shape index (κ1) is 16.3. The number of carbonyl (C=O) groups is 1. The minimum absolute atomic E-state index is 0.274. The summed E-state index contributed by atoms with van der Waals surface area (Å²) in [6, 6.07) is 6.37. The molecule has 0 aromatic heterocycles. The maximum absolute atomic E-state index is 13.7. The van der Waals surface area contributed by atoms with Crippen LogP contribution in [0.2, 0.25) is 0 Å². The molecule has 1 aromatic rings. The molecule has 0 saturated carbocycles. The lowest BCUT2D eigenvalue weighted by atomic mass is 10.2. The van der Waals surface area contributed by atoms with Crippen LogP contribution in [0.3, 0.4) is 0 Å². The van der Waals surface area contributed by atoms with E-state index in [1.807, 2.05) is 4.90 Å². The third-order valence-corrected chi connectivity index (χ3v) is 3.59. The Bertz CT molecular complexity index is 575. The van der Waals surface area contributed by atoms with E-state index < -0.39 is 12.0 Å². The standard InChI is InChI=1S/C15H16F4N2O/c1-11(10-14(22)15(17,18)19)20-6-8-21(9-7-20)13-5-3-2-4-12(13)16/h2-5,10H,6-9H2,1H3/b11-10+. The van der Waals surface area contributed by atoms with Gasteiger partial charge in [0, 0.05) is 38.0 Å². The summed E-state index contributed by atoms with van der Waals surface area (Å²) in [5.74, 6) is -2.18. The second-order valence-corrected chi connectivity index (χ2v) is 5.07. The number of rotatable bonds is 3. The summed E-state index contributed by atoms with van der Waals surface area (Å²) in [6.45, 7) is 3.30. The van der Waals surface area contributed by atoms with Crippen LogP contribution in [0.25, 0.3) is 0 Å². The first-order valence-corrected chi connectivity index (χ1v) is 6.83. The Kier molecular flexibility index (Phi) is 4.73. The van der Waals surface area contributed by atoms with E-state index in [1.165, 1.54) is 13.0 Å². The molecule has 2 rings (SSSR count).